The SMILES string of the molecule is COCC1CCOC12CN(C(=O)c1ccnc3ccccc13)C2. The van der Waals surface area contributed by atoms with Crippen LogP contribution in [0.5, 0.6) is 0 Å². The van der Waals surface area contributed by atoms with E-state index in [9.17, 15) is 4.79 Å². The number of para-hydroxylation sites is 1. The first-order chi connectivity index (χ1) is 11.2. The van der Waals surface area contributed by atoms with E-state index in [4.69, 9.17) is 9.47 Å². The molecule has 23 heavy (non-hydrogen) atoms. The van der Waals surface area contributed by atoms with E-state index in [2.05, 4.69) is 4.98 Å². The highest BCUT2D eigenvalue weighted by atomic mass is 16.5. The van der Waals surface area contributed by atoms with Gasteiger partial charge in [0.25, 0.3) is 5.91 Å². The maximum atomic E-state index is 12.9. The zero-order chi connectivity index (χ0) is 15.9. The number of hydrogen-bond donors (Lipinski definition) is 0. The van der Waals surface area contributed by atoms with E-state index in [0.29, 0.717) is 31.2 Å². The van der Waals surface area contributed by atoms with Crippen LogP contribution >= 0.6 is 0 Å². The molecule has 1 unspecified atom stereocenters. The van der Waals surface area contributed by atoms with Crippen molar-refractivity contribution in [3.05, 3.63) is 42.1 Å². The van der Waals surface area contributed by atoms with E-state index in [1.54, 1.807) is 19.4 Å². The molecule has 1 aromatic heterocycles. The van der Waals surface area contributed by atoms with Crippen LogP contribution in [0.15, 0.2) is 36.5 Å². The monoisotopic (exact) mass is 312 g/mol. The predicted octanol–water partition coefficient (Wildman–Crippen LogP) is 2.11. The number of benzene rings is 1. The number of ether oxygens (including phenoxy) is 2. The van der Waals surface area contributed by atoms with Crippen molar-refractivity contribution in [3.8, 4) is 0 Å². The van der Waals surface area contributed by atoms with Gasteiger partial charge in [-0.1, -0.05) is 18.2 Å². The average molecular weight is 312 g/mol. The third kappa shape index (κ3) is 2.31. The van der Waals surface area contributed by atoms with Gasteiger partial charge in [-0.2, -0.15) is 0 Å². The molecule has 0 radical (unpaired) electrons. The molecule has 4 rings (SSSR count). The Hall–Kier alpha value is -1.98. The summed E-state index contributed by atoms with van der Waals surface area (Å²) in [5, 5.41) is 0.904. The van der Waals surface area contributed by atoms with Crippen molar-refractivity contribution in [2.75, 3.05) is 33.4 Å². The number of carbonyl (C=O) groups is 1. The number of carbonyl (C=O) groups excluding carboxylic acids is 1. The van der Waals surface area contributed by atoms with E-state index in [1.807, 2.05) is 29.2 Å². The van der Waals surface area contributed by atoms with Crippen molar-refractivity contribution >= 4 is 16.8 Å². The van der Waals surface area contributed by atoms with Gasteiger partial charge in [-0.3, -0.25) is 9.78 Å². The number of aromatic nitrogens is 1. The van der Waals surface area contributed by atoms with Crippen molar-refractivity contribution in [1.82, 2.24) is 9.88 Å². The molecule has 3 heterocycles. The Labute approximate surface area is 135 Å². The fourth-order valence-corrected chi connectivity index (χ4v) is 3.77. The Bertz CT molecular complexity index is 735. The summed E-state index contributed by atoms with van der Waals surface area (Å²) >= 11 is 0. The zero-order valence-corrected chi connectivity index (χ0v) is 13.2. The highest BCUT2D eigenvalue weighted by Crippen LogP contribution is 2.40. The largest absolute Gasteiger partial charge is 0.384 e. The van der Waals surface area contributed by atoms with Crippen molar-refractivity contribution in [1.29, 1.82) is 0 Å². The maximum absolute atomic E-state index is 12.9. The molecule has 1 aromatic carbocycles. The van der Waals surface area contributed by atoms with E-state index >= 15 is 0 Å². The molecular formula is C18H20N2O3. The molecule has 5 heteroatoms. The van der Waals surface area contributed by atoms with Gasteiger partial charge in [0.05, 0.1) is 30.8 Å². The van der Waals surface area contributed by atoms with Gasteiger partial charge in [-0.15, -0.1) is 0 Å². The van der Waals surface area contributed by atoms with Crippen molar-refractivity contribution in [3.63, 3.8) is 0 Å². The summed E-state index contributed by atoms with van der Waals surface area (Å²) in [6, 6.07) is 9.55. The number of fused-ring (bicyclic) bond motifs is 1. The third-order valence-corrected chi connectivity index (χ3v) is 5.05. The molecule has 2 saturated heterocycles. The first-order valence-corrected chi connectivity index (χ1v) is 7.99. The molecule has 1 spiro atoms. The fourth-order valence-electron chi connectivity index (χ4n) is 3.77. The minimum atomic E-state index is -0.200. The van der Waals surface area contributed by atoms with E-state index < -0.39 is 0 Å². The molecule has 0 aliphatic carbocycles. The molecule has 2 aromatic rings. The van der Waals surface area contributed by atoms with Crippen LogP contribution in [-0.4, -0.2) is 54.8 Å². The predicted molar refractivity (Wildman–Crippen MR) is 86.3 cm³/mol. The second-order valence-electron chi connectivity index (χ2n) is 6.39. The third-order valence-electron chi connectivity index (χ3n) is 5.05. The highest BCUT2D eigenvalue weighted by Gasteiger charge is 2.54. The summed E-state index contributed by atoms with van der Waals surface area (Å²) in [4.78, 5) is 19.1. The molecular weight excluding hydrogens is 292 g/mol. The van der Waals surface area contributed by atoms with Crippen LogP contribution in [0.1, 0.15) is 16.8 Å². The summed E-state index contributed by atoms with van der Waals surface area (Å²) < 4.78 is 11.3. The van der Waals surface area contributed by atoms with E-state index in [1.165, 1.54) is 0 Å². The van der Waals surface area contributed by atoms with Gasteiger partial charge in [0.1, 0.15) is 5.60 Å². The van der Waals surface area contributed by atoms with Crippen molar-refractivity contribution in [2.24, 2.45) is 5.92 Å². The Morgan fingerprint density at radius 2 is 2.22 bits per heavy atom. The Morgan fingerprint density at radius 1 is 1.39 bits per heavy atom. The van der Waals surface area contributed by atoms with Gasteiger partial charge < -0.3 is 14.4 Å². The first-order valence-electron chi connectivity index (χ1n) is 7.99. The zero-order valence-electron chi connectivity index (χ0n) is 13.2. The van der Waals surface area contributed by atoms with Gasteiger partial charge in [-0.25, -0.2) is 0 Å². The van der Waals surface area contributed by atoms with Crippen LogP contribution in [0.4, 0.5) is 0 Å². The molecule has 0 bridgehead atoms. The molecule has 0 N–H and O–H groups in total. The second kappa shape index (κ2) is 5.58. The van der Waals surface area contributed by atoms with Gasteiger partial charge in [0.15, 0.2) is 0 Å². The number of nitrogens with zero attached hydrogens (tertiary/aromatic N) is 2. The van der Waals surface area contributed by atoms with Gasteiger partial charge in [-0.05, 0) is 18.6 Å². The summed E-state index contributed by atoms with van der Waals surface area (Å²) in [5.74, 6) is 0.437. The number of likely N-dealkylation sites (tertiary alicyclic amines) is 1. The van der Waals surface area contributed by atoms with Crippen LogP contribution in [-0.2, 0) is 9.47 Å². The first kappa shape index (κ1) is 14.6. The lowest BCUT2D eigenvalue weighted by Crippen LogP contribution is -2.66. The highest BCUT2D eigenvalue weighted by molar-refractivity contribution is 6.06. The molecule has 2 aliphatic heterocycles. The van der Waals surface area contributed by atoms with Crippen molar-refractivity contribution in [2.45, 2.75) is 12.0 Å². The summed E-state index contributed by atoms with van der Waals surface area (Å²) in [5.41, 5.74) is 1.36. The van der Waals surface area contributed by atoms with E-state index in [0.717, 1.165) is 23.9 Å². The second-order valence-corrected chi connectivity index (χ2v) is 6.39. The Morgan fingerprint density at radius 3 is 3.04 bits per heavy atom. The maximum Gasteiger partial charge on any atom is 0.254 e. The summed E-state index contributed by atoms with van der Waals surface area (Å²) in [7, 11) is 1.72. The normalized spacial score (nSPS) is 22.5. The van der Waals surface area contributed by atoms with Gasteiger partial charge in [0.2, 0.25) is 0 Å². The van der Waals surface area contributed by atoms with Gasteiger partial charge >= 0.3 is 0 Å². The Kier molecular flexibility index (Phi) is 3.54. The van der Waals surface area contributed by atoms with Crippen LogP contribution in [0.25, 0.3) is 10.9 Å². The lowest BCUT2D eigenvalue weighted by Gasteiger charge is -2.50. The Balaban J connectivity index is 1.55. The molecule has 120 valence electrons. The van der Waals surface area contributed by atoms with Crippen LogP contribution in [0.3, 0.4) is 0 Å². The molecule has 5 nitrogen and oxygen atoms in total. The molecule has 1 atom stereocenters. The molecule has 0 saturated carbocycles. The smallest absolute Gasteiger partial charge is 0.254 e. The number of pyridine rings is 1. The number of amides is 1. The summed E-state index contributed by atoms with van der Waals surface area (Å²) in [6.07, 6.45) is 2.71. The van der Waals surface area contributed by atoms with Crippen LogP contribution < -0.4 is 0 Å². The standard InChI is InChI=1S/C18H20N2O3/c1-22-10-13-7-9-23-18(13)11-20(12-18)17(21)15-6-8-19-16-5-3-2-4-14(15)16/h2-6,8,13H,7,9-12H2,1H3. The van der Waals surface area contributed by atoms with Gasteiger partial charge in [0, 0.05) is 31.2 Å². The van der Waals surface area contributed by atoms with Crippen molar-refractivity contribution < 1.29 is 14.3 Å². The molecule has 2 aliphatic rings. The minimum Gasteiger partial charge on any atom is -0.384 e. The average Bonchev–Trinajstić information content (AvgIpc) is 2.96. The number of methoxy groups -OCH3 is 1. The molecule has 1 amide bonds. The van der Waals surface area contributed by atoms with Crippen LogP contribution in [0.2, 0.25) is 0 Å². The van der Waals surface area contributed by atoms with Crippen LogP contribution in [0, 0.1) is 5.92 Å². The quantitative estimate of drug-likeness (QED) is 0.871. The minimum absolute atomic E-state index is 0.0564. The molecule has 2 fully saturated rings. The lowest BCUT2D eigenvalue weighted by atomic mass is 9.81. The summed E-state index contributed by atoms with van der Waals surface area (Å²) in [6.45, 7) is 2.75. The number of rotatable bonds is 3. The lowest BCUT2D eigenvalue weighted by molar-refractivity contribution is -0.125. The van der Waals surface area contributed by atoms with E-state index in [-0.39, 0.29) is 11.5 Å². The topological polar surface area (TPSA) is 51.7 Å². The number of hydrogen-bond acceptors (Lipinski definition) is 4. The fraction of sp³-hybridized carbons (Fsp3) is 0.444.